The Balaban J connectivity index is 1.44. The third-order valence-electron chi connectivity index (χ3n) is 5.80. The van der Waals surface area contributed by atoms with E-state index in [0.717, 1.165) is 51.7 Å². The van der Waals surface area contributed by atoms with Crippen LogP contribution < -0.4 is 5.73 Å². The summed E-state index contributed by atoms with van der Waals surface area (Å²) in [5.41, 5.74) is 8.39. The van der Waals surface area contributed by atoms with E-state index in [1.165, 1.54) is 37.1 Å². The molecule has 0 radical (unpaired) electrons. The fraction of sp³-hybridized carbons (Fsp3) is 0.700. The predicted molar refractivity (Wildman–Crippen MR) is 99.1 cm³/mol. The zero-order valence-corrected chi connectivity index (χ0v) is 15.1. The van der Waals surface area contributed by atoms with Gasteiger partial charge in [-0.3, -0.25) is 9.80 Å². The van der Waals surface area contributed by atoms with Crippen LogP contribution in [-0.2, 0) is 17.7 Å². The molecule has 0 unspecified atom stereocenters. The van der Waals surface area contributed by atoms with E-state index in [-0.39, 0.29) is 0 Å². The summed E-state index contributed by atoms with van der Waals surface area (Å²) in [4.78, 5) is 5.24. The molecular formula is C20H33N3O. The van der Waals surface area contributed by atoms with Crippen LogP contribution in [0.1, 0.15) is 30.9 Å². The molecule has 2 fully saturated rings. The van der Waals surface area contributed by atoms with Crippen LogP contribution in [0.25, 0.3) is 0 Å². The van der Waals surface area contributed by atoms with Gasteiger partial charge in [-0.2, -0.15) is 0 Å². The minimum atomic E-state index is 0.701. The van der Waals surface area contributed by atoms with E-state index in [0.29, 0.717) is 6.04 Å². The van der Waals surface area contributed by atoms with E-state index < -0.39 is 0 Å². The van der Waals surface area contributed by atoms with Crippen molar-refractivity contribution in [3.05, 3.63) is 35.4 Å². The number of piperidine rings is 1. The summed E-state index contributed by atoms with van der Waals surface area (Å²) in [7, 11) is 0. The van der Waals surface area contributed by atoms with Gasteiger partial charge in [0.1, 0.15) is 0 Å². The minimum Gasteiger partial charge on any atom is -0.379 e. The minimum absolute atomic E-state index is 0.701. The van der Waals surface area contributed by atoms with Crippen LogP contribution >= 0.6 is 0 Å². The van der Waals surface area contributed by atoms with Gasteiger partial charge in [-0.05, 0) is 62.9 Å². The predicted octanol–water partition coefficient (Wildman–Crippen LogP) is 2.12. The molecule has 1 aromatic carbocycles. The van der Waals surface area contributed by atoms with E-state index in [9.17, 15) is 0 Å². The molecule has 0 bridgehead atoms. The molecule has 1 aromatic rings. The highest BCUT2D eigenvalue weighted by Crippen LogP contribution is 2.25. The number of rotatable bonds is 6. The van der Waals surface area contributed by atoms with Crippen molar-refractivity contribution in [2.24, 2.45) is 11.7 Å². The van der Waals surface area contributed by atoms with Gasteiger partial charge in [0.2, 0.25) is 0 Å². The molecule has 1 atom stereocenters. The highest BCUT2D eigenvalue weighted by Gasteiger charge is 2.28. The maximum absolute atomic E-state index is 5.62. The van der Waals surface area contributed by atoms with Gasteiger partial charge in [0.05, 0.1) is 13.2 Å². The monoisotopic (exact) mass is 331 g/mol. The lowest BCUT2D eigenvalue weighted by Crippen LogP contribution is -2.48. The SMILES string of the molecule is C[C@@H](C1CCN(Cc2ccc(CCN)cc2)CC1)N1CCOCC1. The van der Waals surface area contributed by atoms with Gasteiger partial charge < -0.3 is 10.5 Å². The molecule has 0 amide bonds. The van der Waals surface area contributed by atoms with Crippen molar-refractivity contribution in [2.45, 2.75) is 38.8 Å². The third-order valence-corrected chi connectivity index (χ3v) is 5.80. The lowest BCUT2D eigenvalue weighted by Gasteiger charge is -2.41. The number of ether oxygens (including phenoxy) is 1. The molecule has 2 aliphatic rings. The molecular weight excluding hydrogens is 298 g/mol. The summed E-state index contributed by atoms with van der Waals surface area (Å²) in [6, 6.07) is 9.71. The van der Waals surface area contributed by atoms with Crippen LogP contribution in [-0.4, -0.2) is 61.8 Å². The molecule has 2 N–H and O–H groups in total. The Morgan fingerprint density at radius 2 is 1.67 bits per heavy atom. The van der Waals surface area contributed by atoms with Gasteiger partial charge in [0.15, 0.2) is 0 Å². The van der Waals surface area contributed by atoms with Gasteiger partial charge >= 0.3 is 0 Å². The second-order valence-corrected chi connectivity index (χ2v) is 7.36. The summed E-state index contributed by atoms with van der Waals surface area (Å²) >= 11 is 0. The van der Waals surface area contributed by atoms with Crippen LogP contribution in [0.3, 0.4) is 0 Å². The van der Waals surface area contributed by atoms with E-state index in [1.54, 1.807) is 0 Å². The lowest BCUT2D eigenvalue weighted by molar-refractivity contribution is -0.00192. The highest BCUT2D eigenvalue weighted by atomic mass is 16.5. The fourth-order valence-electron chi connectivity index (χ4n) is 4.11. The normalized spacial score (nSPS) is 22.6. The van der Waals surface area contributed by atoms with E-state index >= 15 is 0 Å². The zero-order valence-electron chi connectivity index (χ0n) is 15.1. The van der Waals surface area contributed by atoms with Gasteiger partial charge in [-0.1, -0.05) is 24.3 Å². The number of hydrogen-bond donors (Lipinski definition) is 1. The lowest BCUT2D eigenvalue weighted by atomic mass is 9.89. The average Bonchev–Trinajstić information content (AvgIpc) is 2.64. The molecule has 0 spiro atoms. The Kier molecular flexibility index (Phi) is 6.67. The molecule has 4 nitrogen and oxygen atoms in total. The Labute approximate surface area is 147 Å². The second kappa shape index (κ2) is 8.95. The van der Waals surface area contributed by atoms with Gasteiger partial charge in [-0.15, -0.1) is 0 Å². The van der Waals surface area contributed by atoms with Crippen molar-refractivity contribution < 1.29 is 4.74 Å². The molecule has 2 heterocycles. The molecule has 4 heteroatoms. The highest BCUT2D eigenvalue weighted by molar-refractivity contribution is 5.22. The summed E-state index contributed by atoms with van der Waals surface area (Å²) in [6.07, 6.45) is 3.62. The van der Waals surface area contributed by atoms with Crippen LogP contribution in [0.2, 0.25) is 0 Å². The first-order chi connectivity index (χ1) is 11.8. The molecule has 0 aliphatic carbocycles. The smallest absolute Gasteiger partial charge is 0.0594 e. The van der Waals surface area contributed by atoms with Crippen LogP contribution in [0.15, 0.2) is 24.3 Å². The molecule has 24 heavy (non-hydrogen) atoms. The molecule has 0 aromatic heterocycles. The van der Waals surface area contributed by atoms with Crippen LogP contribution in [0.5, 0.6) is 0 Å². The van der Waals surface area contributed by atoms with Crippen molar-refractivity contribution in [2.75, 3.05) is 45.9 Å². The van der Waals surface area contributed by atoms with E-state index in [1.807, 2.05) is 0 Å². The molecule has 2 aliphatic heterocycles. The van der Waals surface area contributed by atoms with Crippen molar-refractivity contribution in [3.63, 3.8) is 0 Å². The fourth-order valence-corrected chi connectivity index (χ4v) is 4.11. The number of morpholine rings is 1. The summed E-state index contributed by atoms with van der Waals surface area (Å²) in [6.45, 7) is 10.7. The maximum atomic E-state index is 5.62. The Morgan fingerprint density at radius 3 is 2.29 bits per heavy atom. The largest absolute Gasteiger partial charge is 0.379 e. The molecule has 3 rings (SSSR count). The number of likely N-dealkylation sites (tertiary alicyclic amines) is 1. The van der Waals surface area contributed by atoms with Crippen molar-refractivity contribution in [3.8, 4) is 0 Å². The van der Waals surface area contributed by atoms with E-state index in [4.69, 9.17) is 10.5 Å². The Morgan fingerprint density at radius 1 is 1.04 bits per heavy atom. The van der Waals surface area contributed by atoms with E-state index in [2.05, 4.69) is 41.0 Å². The van der Waals surface area contributed by atoms with Gasteiger partial charge in [0, 0.05) is 25.7 Å². The summed E-state index contributed by atoms with van der Waals surface area (Å²) in [5.74, 6) is 0.839. The van der Waals surface area contributed by atoms with Crippen LogP contribution in [0.4, 0.5) is 0 Å². The number of nitrogens with zero attached hydrogens (tertiary/aromatic N) is 2. The first-order valence-electron chi connectivity index (χ1n) is 9.58. The van der Waals surface area contributed by atoms with Gasteiger partial charge in [0.25, 0.3) is 0 Å². The Bertz CT molecular complexity index is 476. The summed E-state index contributed by atoms with van der Waals surface area (Å²) in [5, 5.41) is 0. The number of benzene rings is 1. The topological polar surface area (TPSA) is 41.7 Å². The maximum Gasteiger partial charge on any atom is 0.0594 e. The molecule has 2 saturated heterocycles. The van der Waals surface area contributed by atoms with Crippen LogP contribution in [0, 0.1) is 5.92 Å². The third kappa shape index (κ3) is 4.79. The first kappa shape index (κ1) is 17.9. The van der Waals surface area contributed by atoms with Gasteiger partial charge in [-0.25, -0.2) is 0 Å². The molecule has 0 saturated carbocycles. The number of hydrogen-bond acceptors (Lipinski definition) is 4. The van der Waals surface area contributed by atoms with Crippen molar-refractivity contribution in [1.29, 1.82) is 0 Å². The van der Waals surface area contributed by atoms with Crippen molar-refractivity contribution in [1.82, 2.24) is 9.80 Å². The second-order valence-electron chi connectivity index (χ2n) is 7.36. The standard InChI is InChI=1S/C20H33N3O/c1-17(23-12-14-24-15-13-23)20-7-10-22(11-8-20)16-19-4-2-18(3-5-19)6-9-21/h2-5,17,20H,6-16,21H2,1H3/t17-/m0/s1. The molecule has 134 valence electrons. The average molecular weight is 332 g/mol. The van der Waals surface area contributed by atoms with Crippen molar-refractivity contribution >= 4 is 0 Å². The quantitative estimate of drug-likeness (QED) is 0.867. The number of nitrogens with two attached hydrogens (primary N) is 1. The zero-order chi connectivity index (χ0) is 16.8. The Hall–Kier alpha value is -0.940. The summed E-state index contributed by atoms with van der Waals surface area (Å²) < 4.78 is 5.49. The first-order valence-corrected chi connectivity index (χ1v) is 9.58.